The molecule has 1 aromatic rings. The Morgan fingerprint density at radius 1 is 1.19 bits per heavy atom. The Bertz CT molecular complexity index is 795. The van der Waals surface area contributed by atoms with Crippen LogP contribution in [0.2, 0.25) is 0 Å². The van der Waals surface area contributed by atoms with E-state index in [2.05, 4.69) is 21.8 Å². The summed E-state index contributed by atoms with van der Waals surface area (Å²) in [6, 6.07) is 0.430. The van der Waals surface area contributed by atoms with Crippen LogP contribution in [0, 0.1) is 0 Å². The van der Waals surface area contributed by atoms with Crippen LogP contribution in [0.4, 0.5) is 0 Å². The third kappa shape index (κ3) is 4.48. The van der Waals surface area contributed by atoms with Crippen molar-refractivity contribution in [2.45, 2.75) is 70.0 Å². The number of rotatable bonds is 6. The highest BCUT2D eigenvalue weighted by atomic mass is 32.2. The Labute approximate surface area is 196 Å². The van der Waals surface area contributed by atoms with E-state index in [9.17, 15) is 4.79 Å². The van der Waals surface area contributed by atoms with Crippen LogP contribution in [0.5, 0.6) is 0 Å². The number of hydrogen-bond donors (Lipinski definition) is 1. The SMILES string of the molecule is CCn1nc(C(=O)N2CCSCC2)c2c1CCC(NCC1(N3CCOCC3)CCCC1)C2. The van der Waals surface area contributed by atoms with E-state index in [0.29, 0.717) is 11.6 Å². The van der Waals surface area contributed by atoms with Gasteiger partial charge in [0.1, 0.15) is 0 Å². The highest BCUT2D eigenvalue weighted by Crippen LogP contribution is 2.36. The third-order valence-corrected chi connectivity index (χ3v) is 9.03. The van der Waals surface area contributed by atoms with E-state index in [1.165, 1.54) is 36.9 Å². The number of nitrogens with zero attached hydrogens (tertiary/aromatic N) is 4. The van der Waals surface area contributed by atoms with Crippen molar-refractivity contribution in [2.75, 3.05) is 57.4 Å². The summed E-state index contributed by atoms with van der Waals surface area (Å²) in [5, 5.41) is 8.78. The smallest absolute Gasteiger partial charge is 0.274 e. The Balaban J connectivity index is 1.29. The fourth-order valence-corrected chi connectivity index (χ4v) is 7.12. The minimum absolute atomic E-state index is 0.148. The maximum Gasteiger partial charge on any atom is 0.274 e. The van der Waals surface area contributed by atoms with Crippen LogP contribution in [-0.2, 0) is 24.1 Å². The number of amides is 1. The van der Waals surface area contributed by atoms with Crippen molar-refractivity contribution >= 4 is 17.7 Å². The molecule has 7 nitrogen and oxygen atoms in total. The molecule has 0 aromatic carbocycles. The van der Waals surface area contributed by atoms with E-state index >= 15 is 0 Å². The predicted octanol–water partition coefficient (Wildman–Crippen LogP) is 2.18. The number of carbonyl (C=O) groups is 1. The second kappa shape index (κ2) is 10.0. The molecule has 2 saturated heterocycles. The van der Waals surface area contributed by atoms with Crippen molar-refractivity contribution in [3.8, 4) is 0 Å². The van der Waals surface area contributed by atoms with Gasteiger partial charge in [-0.1, -0.05) is 12.8 Å². The molecule has 2 aliphatic heterocycles. The normalized spacial score (nSPS) is 26.3. The molecule has 0 spiro atoms. The summed E-state index contributed by atoms with van der Waals surface area (Å²) in [6.45, 7) is 9.58. The van der Waals surface area contributed by atoms with Crippen LogP contribution in [0.15, 0.2) is 0 Å². The maximum atomic E-state index is 13.3. The largest absolute Gasteiger partial charge is 0.379 e. The predicted molar refractivity (Wildman–Crippen MR) is 129 cm³/mol. The fourth-order valence-electron chi connectivity index (χ4n) is 6.22. The molecule has 8 heteroatoms. The highest BCUT2D eigenvalue weighted by Gasteiger charge is 2.41. The molecule has 1 unspecified atom stereocenters. The summed E-state index contributed by atoms with van der Waals surface area (Å²) in [5.41, 5.74) is 3.53. The van der Waals surface area contributed by atoms with Gasteiger partial charge in [-0.2, -0.15) is 16.9 Å². The second-order valence-corrected chi connectivity index (χ2v) is 11.1. The van der Waals surface area contributed by atoms with Gasteiger partial charge in [0, 0.05) is 73.6 Å². The van der Waals surface area contributed by atoms with Crippen molar-refractivity contribution in [3.05, 3.63) is 17.0 Å². The molecule has 3 fully saturated rings. The summed E-state index contributed by atoms with van der Waals surface area (Å²) in [6.07, 6.45) is 8.34. The molecule has 1 aromatic heterocycles. The highest BCUT2D eigenvalue weighted by molar-refractivity contribution is 7.99. The second-order valence-electron chi connectivity index (χ2n) is 9.85. The molecule has 1 N–H and O–H groups in total. The van der Waals surface area contributed by atoms with Crippen LogP contribution in [0.25, 0.3) is 0 Å². The van der Waals surface area contributed by atoms with Gasteiger partial charge in [0.15, 0.2) is 5.69 Å². The maximum absolute atomic E-state index is 13.3. The summed E-state index contributed by atoms with van der Waals surface area (Å²) in [5.74, 6) is 2.22. The van der Waals surface area contributed by atoms with Crippen LogP contribution < -0.4 is 5.32 Å². The lowest BCUT2D eigenvalue weighted by atomic mass is 9.89. The Morgan fingerprint density at radius 2 is 1.94 bits per heavy atom. The summed E-state index contributed by atoms with van der Waals surface area (Å²) >= 11 is 1.94. The molecule has 178 valence electrons. The molecule has 32 heavy (non-hydrogen) atoms. The number of thioether (sulfide) groups is 1. The zero-order chi connectivity index (χ0) is 22.0. The zero-order valence-corrected chi connectivity index (χ0v) is 20.4. The van der Waals surface area contributed by atoms with Gasteiger partial charge < -0.3 is 15.0 Å². The van der Waals surface area contributed by atoms with Crippen LogP contribution in [0.3, 0.4) is 0 Å². The van der Waals surface area contributed by atoms with Crippen molar-refractivity contribution in [1.29, 1.82) is 0 Å². The number of aromatic nitrogens is 2. The summed E-state index contributed by atoms with van der Waals surface area (Å²) in [4.78, 5) is 18.0. The molecular weight excluding hydrogens is 422 g/mol. The van der Waals surface area contributed by atoms with E-state index in [1.807, 2.05) is 16.7 Å². The molecule has 0 radical (unpaired) electrons. The average molecular weight is 462 g/mol. The molecule has 2 aliphatic carbocycles. The molecule has 3 heterocycles. The van der Waals surface area contributed by atoms with Crippen LogP contribution >= 0.6 is 11.8 Å². The third-order valence-electron chi connectivity index (χ3n) is 8.08. The Morgan fingerprint density at radius 3 is 2.66 bits per heavy atom. The van der Waals surface area contributed by atoms with Gasteiger partial charge in [-0.05, 0) is 39.0 Å². The first-order valence-corrected chi connectivity index (χ1v) is 13.9. The van der Waals surface area contributed by atoms with Gasteiger partial charge in [-0.15, -0.1) is 0 Å². The lowest BCUT2D eigenvalue weighted by Crippen LogP contribution is -2.58. The van der Waals surface area contributed by atoms with E-state index in [-0.39, 0.29) is 5.91 Å². The van der Waals surface area contributed by atoms with Gasteiger partial charge >= 0.3 is 0 Å². The fraction of sp³-hybridized carbons (Fsp3) is 0.833. The first-order chi connectivity index (χ1) is 15.7. The number of hydrogen-bond acceptors (Lipinski definition) is 6. The quantitative estimate of drug-likeness (QED) is 0.701. The zero-order valence-electron chi connectivity index (χ0n) is 19.6. The lowest BCUT2D eigenvalue weighted by Gasteiger charge is -2.44. The average Bonchev–Trinajstić information content (AvgIpc) is 3.49. The number of carbonyl (C=O) groups excluding carboxylic acids is 1. The summed E-state index contributed by atoms with van der Waals surface area (Å²) < 4.78 is 7.71. The number of nitrogens with one attached hydrogen (secondary N) is 1. The van der Waals surface area contributed by atoms with Crippen molar-refractivity contribution < 1.29 is 9.53 Å². The van der Waals surface area contributed by atoms with Crippen LogP contribution in [-0.4, -0.2) is 94.5 Å². The first kappa shape index (κ1) is 22.7. The molecule has 1 saturated carbocycles. The molecule has 4 aliphatic rings. The molecule has 5 rings (SSSR count). The summed E-state index contributed by atoms with van der Waals surface area (Å²) in [7, 11) is 0. The van der Waals surface area contributed by atoms with E-state index < -0.39 is 0 Å². The van der Waals surface area contributed by atoms with E-state index in [4.69, 9.17) is 9.84 Å². The monoisotopic (exact) mass is 461 g/mol. The van der Waals surface area contributed by atoms with E-state index in [1.54, 1.807) is 0 Å². The van der Waals surface area contributed by atoms with Gasteiger partial charge in [-0.3, -0.25) is 14.4 Å². The van der Waals surface area contributed by atoms with Gasteiger partial charge in [0.25, 0.3) is 5.91 Å². The number of fused-ring (bicyclic) bond motifs is 1. The van der Waals surface area contributed by atoms with Gasteiger partial charge in [-0.25, -0.2) is 0 Å². The van der Waals surface area contributed by atoms with Gasteiger partial charge in [0.2, 0.25) is 0 Å². The lowest BCUT2D eigenvalue weighted by molar-refractivity contribution is -0.0213. The molecule has 1 atom stereocenters. The molecule has 0 bridgehead atoms. The van der Waals surface area contributed by atoms with Crippen molar-refractivity contribution in [2.24, 2.45) is 0 Å². The minimum atomic E-state index is 0.148. The van der Waals surface area contributed by atoms with E-state index in [0.717, 1.165) is 88.9 Å². The van der Waals surface area contributed by atoms with Gasteiger partial charge in [0.05, 0.1) is 13.2 Å². The Kier molecular flexibility index (Phi) is 7.12. The number of ether oxygens (including phenoxy) is 1. The molecule has 1 amide bonds. The van der Waals surface area contributed by atoms with Crippen molar-refractivity contribution in [3.63, 3.8) is 0 Å². The van der Waals surface area contributed by atoms with Crippen molar-refractivity contribution in [1.82, 2.24) is 24.9 Å². The minimum Gasteiger partial charge on any atom is -0.379 e. The molecular formula is C24H39N5O2S. The topological polar surface area (TPSA) is 62.6 Å². The van der Waals surface area contributed by atoms with Crippen LogP contribution in [0.1, 0.15) is 60.8 Å². The number of aryl methyl sites for hydroxylation is 1. The number of morpholine rings is 1. The standard InChI is InChI=1S/C24H39N5O2S/c1-2-29-21-6-5-19(17-20(21)22(26-29)23(30)27-11-15-32-16-12-27)25-18-24(7-3-4-8-24)28-9-13-31-14-10-28/h19,25H,2-18H2,1H3. The Hall–Kier alpha value is -1.09. The first-order valence-electron chi connectivity index (χ1n) is 12.7.